The summed E-state index contributed by atoms with van der Waals surface area (Å²) in [4.78, 5) is 14.7. The molecule has 0 N–H and O–H groups in total. The van der Waals surface area contributed by atoms with Gasteiger partial charge in [0.15, 0.2) is 0 Å². The van der Waals surface area contributed by atoms with Gasteiger partial charge in [0.05, 0.1) is 17.1 Å². The number of hydrogen-bond donors (Lipinski definition) is 0. The highest BCUT2D eigenvalue weighted by molar-refractivity contribution is 7.92. The number of anilines is 1. The largest absolute Gasteiger partial charge is 0.339 e. The first kappa shape index (κ1) is 21.4. The molecule has 1 heterocycles. The summed E-state index contributed by atoms with van der Waals surface area (Å²) in [6, 6.07) is 22.4. The van der Waals surface area contributed by atoms with Gasteiger partial charge in [0.1, 0.15) is 0 Å². The first-order valence-electron chi connectivity index (χ1n) is 10.2. The fourth-order valence-corrected chi connectivity index (χ4v) is 5.32. The molecule has 0 spiro atoms. The quantitative estimate of drug-likeness (QED) is 0.528. The van der Waals surface area contributed by atoms with E-state index in [0.717, 1.165) is 18.4 Å². The number of rotatable bonds is 6. The Kier molecular flexibility index (Phi) is 6.30. The minimum atomic E-state index is -3.93. The van der Waals surface area contributed by atoms with E-state index in [2.05, 4.69) is 0 Å². The number of likely N-dealkylation sites (tertiary alicyclic amines) is 1. The minimum Gasteiger partial charge on any atom is -0.339 e. The number of benzene rings is 3. The van der Waals surface area contributed by atoms with E-state index in [0.29, 0.717) is 29.4 Å². The molecule has 0 radical (unpaired) electrons. The molecule has 160 valence electrons. The molecule has 31 heavy (non-hydrogen) atoms. The lowest BCUT2D eigenvalue weighted by Gasteiger charge is -2.25. The smallest absolute Gasteiger partial charge is 0.264 e. The normalized spacial score (nSPS) is 13.9. The average molecular weight is 455 g/mol. The summed E-state index contributed by atoms with van der Waals surface area (Å²) in [5.74, 6) is -0.129. The van der Waals surface area contributed by atoms with E-state index >= 15 is 0 Å². The molecule has 1 fully saturated rings. The van der Waals surface area contributed by atoms with Crippen LogP contribution in [-0.4, -0.2) is 32.3 Å². The van der Waals surface area contributed by atoms with Gasteiger partial charge in [-0.2, -0.15) is 0 Å². The van der Waals surface area contributed by atoms with E-state index in [1.165, 1.54) is 16.4 Å². The predicted molar refractivity (Wildman–Crippen MR) is 123 cm³/mol. The highest BCUT2D eigenvalue weighted by atomic mass is 35.5. The second kappa shape index (κ2) is 9.12. The Bertz CT molecular complexity index is 1160. The molecule has 1 aliphatic rings. The summed E-state index contributed by atoms with van der Waals surface area (Å²) in [6.45, 7) is 1.58. The van der Waals surface area contributed by atoms with Crippen molar-refractivity contribution in [1.29, 1.82) is 0 Å². The maximum Gasteiger partial charge on any atom is 0.264 e. The Morgan fingerprint density at radius 3 is 2.26 bits per heavy atom. The van der Waals surface area contributed by atoms with Crippen LogP contribution < -0.4 is 4.31 Å². The third kappa shape index (κ3) is 4.75. The molecule has 1 amide bonds. The molecule has 0 atom stereocenters. The average Bonchev–Trinajstić information content (AvgIpc) is 3.33. The number of amides is 1. The number of nitrogens with zero attached hydrogens (tertiary/aromatic N) is 2. The van der Waals surface area contributed by atoms with Crippen LogP contribution in [-0.2, 0) is 16.6 Å². The monoisotopic (exact) mass is 454 g/mol. The molecule has 0 unspecified atom stereocenters. The molecule has 4 rings (SSSR count). The summed E-state index contributed by atoms with van der Waals surface area (Å²) in [5.41, 5.74) is 1.74. The third-order valence-corrected chi connectivity index (χ3v) is 7.37. The van der Waals surface area contributed by atoms with E-state index in [4.69, 9.17) is 11.6 Å². The topological polar surface area (TPSA) is 57.7 Å². The van der Waals surface area contributed by atoms with Crippen LogP contribution in [0.15, 0.2) is 83.8 Å². The maximum atomic E-state index is 13.7. The van der Waals surface area contributed by atoms with E-state index in [9.17, 15) is 13.2 Å². The SMILES string of the molecule is O=C(c1cccc(S(=O)(=O)N(Cc2ccccc2)c2ccc(Cl)cc2)c1)N1CCCC1. The van der Waals surface area contributed by atoms with Gasteiger partial charge in [0.25, 0.3) is 15.9 Å². The van der Waals surface area contributed by atoms with Crippen molar-refractivity contribution in [3.63, 3.8) is 0 Å². The number of halogens is 1. The van der Waals surface area contributed by atoms with Crippen molar-refractivity contribution in [2.45, 2.75) is 24.3 Å². The van der Waals surface area contributed by atoms with Gasteiger partial charge in [-0.05, 0) is 60.9 Å². The lowest BCUT2D eigenvalue weighted by Crippen LogP contribution is -2.31. The fraction of sp³-hybridized carbons (Fsp3) is 0.208. The summed E-state index contributed by atoms with van der Waals surface area (Å²) in [6.07, 6.45) is 1.95. The van der Waals surface area contributed by atoms with Crippen molar-refractivity contribution < 1.29 is 13.2 Å². The number of carbonyl (C=O) groups is 1. The standard InChI is InChI=1S/C24H23ClN2O3S/c25-21-11-13-22(14-12-21)27(18-19-7-2-1-3-8-19)31(29,30)23-10-6-9-20(17-23)24(28)26-15-4-5-16-26/h1-3,6-14,17H,4-5,15-16,18H2. The first-order chi connectivity index (χ1) is 14.9. The minimum absolute atomic E-state index is 0.0865. The van der Waals surface area contributed by atoms with Gasteiger partial charge in [-0.15, -0.1) is 0 Å². The molecule has 0 saturated carbocycles. The summed E-state index contributed by atoms with van der Waals surface area (Å²) >= 11 is 6.02. The Morgan fingerprint density at radius 1 is 0.903 bits per heavy atom. The molecule has 0 aromatic heterocycles. The Balaban J connectivity index is 1.72. The van der Waals surface area contributed by atoms with E-state index in [1.807, 2.05) is 30.3 Å². The highest BCUT2D eigenvalue weighted by Gasteiger charge is 2.27. The summed E-state index contributed by atoms with van der Waals surface area (Å²) in [7, 11) is -3.93. The van der Waals surface area contributed by atoms with Crippen LogP contribution in [0.1, 0.15) is 28.8 Å². The van der Waals surface area contributed by atoms with Gasteiger partial charge in [-0.1, -0.05) is 48.0 Å². The van der Waals surface area contributed by atoms with E-state index in [-0.39, 0.29) is 17.3 Å². The second-order valence-electron chi connectivity index (χ2n) is 7.50. The molecule has 0 bridgehead atoms. The zero-order valence-corrected chi connectivity index (χ0v) is 18.5. The van der Waals surface area contributed by atoms with Crippen LogP contribution in [0.25, 0.3) is 0 Å². The maximum absolute atomic E-state index is 13.7. The summed E-state index contributed by atoms with van der Waals surface area (Å²) in [5, 5.41) is 0.527. The van der Waals surface area contributed by atoms with Crippen molar-refractivity contribution in [3.05, 3.63) is 95.0 Å². The number of hydrogen-bond acceptors (Lipinski definition) is 3. The van der Waals surface area contributed by atoms with Crippen molar-refractivity contribution in [1.82, 2.24) is 4.90 Å². The zero-order chi connectivity index (χ0) is 21.8. The van der Waals surface area contributed by atoms with Crippen molar-refractivity contribution in [3.8, 4) is 0 Å². The zero-order valence-electron chi connectivity index (χ0n) is 16.9. The second-order valence-corrected chi connectivity index (χ2v) is 9.80. The van der Waals surface area contributed by atoms with E-state index in [1.54, 1.807) is 41.3 Å². The van der Waals surface area contributed by atoms with Gasteiger partial charge in [-0.25, -0.2) is 8.42 Å². The van der Waals surface area contributed by atoms with Crippen LogP contribution in [0, 0.1) is 0 Å². The lowest BCUT2D eigenvalue weighted by atomic mass is 10.2. The fourth-order valence-electron chi connectivity index (χ4n) is 3.69. The van der Waals surface area contributed by atoms with E-state index < -0.39 is 10.0 Å². The Labute approximate surface area is 187 Å². The predicted octanol–water partition coefficient (Wildman–Crippen LogP) is 4.97. The van der Waals surface area contributed by atoms with Crippen LogP contribution >= 0.6 is 11.6 Å². The van der Waals surface area contributed by atoms with Crippen LogP contribution in [0.2, 0.25) is 5.02 Å². The van der Waals surface area contributed by atoms with Gasteiger partial charge < -0.3 is 4.90 Å². The van der Waals surface area contributed by atoms with Gasteiger partial charge in [0.2, 0.25) is 0 Å². The Hall–Kier alpha value is -2.83. The molecule has 3 aromatic rings. The Morgan fingerprint density at radius 2 is 1.58 bits per heavy atom. The van der Waals surface area contributed by atoms with Crippen LogP contribution in [0.5, 0.6) is 0 Å². The molecule has 0 aliphatic carbocycles. The summed E-state index contributed by atoms with van der Waals surface area (Å²) < 4.78 is 28.7. The van der Waals surface area contributed by atoms with Crippen LogP contribution in [0.3, 0.4) is 0 Å². The molecule has 1 aliphatic heterocycles. The van der Waals surface area contributed by atoms with Crippen molar-refractivity contribution in [2.75, 3.05) is 17.4 Å². The highest BCUT2D eigenvalue weighted by Crippen LogP contribution is 2.28. The molecule has 5 nitrogen and oxygen atoms in total. The number of carbonyl (C=O) groups excluding carboxylic acids is 1. The lowest BCUT2D eigenvalue weighted by molar-refractivity contribution is 0.0792. The van der Waals surface area contributed by atoms with Gasteiger partial charge in [0, 0.05) is 23.7 Å². The van der Waals surface area contributed by atoms with Crippen LogP contribution in [0.4, 0.5) is 5.69 Å². The molecule has 3 aromatic carbocycles. The number of sulfonamides is 1. The van der Waals surface area contributed by atoms with Crippen molar-refractivity contribution >= 4 is 33.2 Å². The van der Waals surface area contributed by atoms with Gasteiger partial charge >= 0.3 is 0 Å². The molecular formula is C24H23ClN2O3S. The molecular weight excluding hydrogens is 432 g/mol. The third-order valence-electron chi connectivity index (χ3n) is 5.35. The molecule has 1 saturated heterocycles. The van der Waals surface area contributed by atoms with Crippen molar-refractivity contribution in [2.24, 2.45) is 0 Å². The molecule has 7 heteroatoms. The first-order valence-corrected chi connectivity index (χ1v) is 12.0. The van der Waals surface area contributed by atoms with Gasteiger partial charge in [-0.3, -0.25) is 9.10 Å².